The minimum absolute atomic E-state index is 0.0337. The van der Waals surface area contributed by atoms with Crippen molar-refractivity contribution in [1.82, 2.24) is 4.98 Å². The van der Waals surface area contributed by atoms with Crippen LogP contribution in [-0.4, -0.2) is 26.5 Å². The highest BCUT2D eigenvalue weighted by molar-refractivity contribution is 7.91. The van der Waals surface area contributed by atoms with Gasteiger partial charge < -0.3 is 9.32 Å². The van der Waals surface area contributed by atoms with Gasteiger partial charge >= 0.3 is 0 Å². The topological polar surface area (TPSA) is 63.4 Å². The number of nitrogens with zero attached hydrogens (tertiary/aromatic N) is 2. The van der Waals surface area contributed by atoms with Gasteiger partial charge in [-0.2, -0.15) is 4.98 Å². The normalized spacial score (nSPS) is 14.7. The average Bonchev–Trinajstić information content (AvgIpc) is 3.14. The molecule has 3 aromatic carbocycles. The molecule has 0 spiro atoms. The monoisotopic (exact) mass is 506 g/mol. The van der Waals surface area contributed by atoms with Crippen molar-refractivity contribution in [3.05, 3.63) is 107 Å². The zero-order chi connectivity index (χ0) is 24.3. The van der Waals surface area contributed by atoms with Gasteiger partial charge in [-0.3, -0.25) is 0 Å². The van der Waals surface area contributed by atoms with Crippen LogP contribution in [0, 0.1) is 0 Å². The molecule has 1 aromatic heterocycles. The molecule has 1 aliphatic heterocycles. The summed E-state index contributed by atoms with van der Waals surface area (Å²) < 4.78 is 34.0. The van der Waals surface area contributed by atoms with Gasteiger partial charge in [-0.25, -0.2) is 8.42 Å². The Bertz CT molecular complexity index is 1320. The lowest BCUT2D eigenvalue weighted by molar-refractivity contribution is 0.477. The van der Waals surface area contributed by atoms with Crippen molar-refractivity contribution >= 4 is 27.3 Å². The van der Waals surface area contributed by atoms with E-state index in [1.165, 1.54) is 12.1 Å². The fourth-order valence-corrected chi connectivity index (χ4v) is 6.03. The van der Waals surface area contributed by atoms with Crippen molar-refractivity contribution in [2.75, 3.05) is 18.0 Å². The molecule has 0 aliphatic carbocycles. The largest absolute Gasteiger partial charge is 0.423 e. The Labute approximate surface area is 211 Å². The third-order valence-corrected chi connectivity index (χ3v) is 8.30. The molecule has 5 rings (SSSR count). The van der Waals surface area contributed by atoms with Crippen molar-refractivity contribution in [2.24, 2.45) is 0 Å². The van der Waals surface area contributed by atoms with Crippen LogP contribution in [0.5, 0.6) is 0 Å². The maximum Gasteiger partial charge on any atom is 0.236 e. The molecule has 0 bridgehead atoms. The van der Waals surface area contributed by atoms with Gasteiger partial charge in [0.1, 0.15) is 0 Å². The molecule has 0 unspecified atom stereocenters. The Morgan fingerprint density at radius 2 is 1.31 bits per heavy atom. The SMILES string of the molecule is O=S(=O)(c1ccc(Cl)cc1)c1nc(C(c2ccccc2)c2ccccc2)oc1N1CCCCCC1. The summed E-state index contributed by atoms with van der Waals surface area (Å²) in [5, 5.41) is 0.444. The number of halogens is 1. The molecule has 1 fully saturated rings. The molecule has 0 atom stereocenters. The average molecular weight is 507 g/mol. The number of hydrogen-bond donors (Lipinski definition) is 0. The first kappa shape index (κ1) is 23.6. The van der Waals surface area contributed by atoms with Crippen LogP contribution in [0.1, 0.15) is 48.6 Å². The number of sulfone groups is 1. The molecule has 0 amide bonds. The van der Waals surface area contributed by atoms with Gasteiger partial charge in [-0.15, -0.1) is 0 Å². The van der Waals surface area contributed by atoms with E-state index < -0.39 is 9.84 Å². The Hall–Kier alpha value is -3.09. The van der Waals surface area contributed by atoms with Crippen molar-refractivity contribution in [3.8, 4) is 0 Å². The molecule has 7 heteroatoms. The lowest BCUT2D eigenvalue weighted by atomic mass is 9.91. The van der Waals surface area contributed by atoms with E-state index in [9.17, 15) is 8.42 Å². The van der Waals surface area contributed by atoms with Gasteiger partial charge in [0.2, 0.25) is 26.6 Å². The summed E-state index contributed by atoms with van der Waals surface area (Å²) in [7, 11) is -3.93. The van der Waals surface area contributed by atoms with Crippen LogP contribution in [0.25, 0.3) is 0 Å². The summed E-state index contributed by atoms with van der Waals surface area (Å²) in [6.45, 7) is 1.47. The van der Waals surface area contributed by atoms with E-state index in [0.717, 1.165) is 49.9 Å². The first-order chi connectivity index (χ1) is 17.0. The van der Waals surface area contributed by atoms with Gasteiger partial charge in [0.05, 0.1) is 10.8 Å². The highest BCUT2D eigenvalue weighted by atomic mass is 35.5. The van der Waals surface area contributed by atoms with E-state index >= 15 is 0 Å². The van der Waals surface area contributed by atoms with E-state index in [0.29, 0.717) is 16.8 Å². The van der Waals surface area contributed by atoms with Gasteiger partial charge in [0.25, 0.3) is 0 Å². The Balaban J connectivity index is 1.69. The van der Waals surface area contributed by atoms with Crippen LogP contribution in [0.2, 0.25) is 5.02 Å². The van der Waals surface area contributed by atoms with Gasteiger partial charge in [-0.05, 0) is 48.2 Å². The zero-order valence-electron chi connectivity index (χ0n) is 19.3. The fourth-order valence-electron chi connectivity index (χ4n) is 4.58. The zero-order valence-corrected chi connectivity index (χ0v) is 20.9. The summed E-state index contributed by atoms with van der Waals surface area (Å²) in [5.74, 6) is 0.361. The summed E-state index contributed by atoms with van der Waals surface area (Å²) in [5.41, 5.74) is 1.97. The first-order valence-corrected chi connectivity index (χ1v) is 13.8. The number of anilines is 1. The predicted octanol–water partition coefficient (Wildman–Crippen LogP) is 6.72. The Morgan fingerprint density at radius 1 is 0.771 bits per heavy atom. The number of rotatable bonds is 6. The fraction of sp³-hybridized carbons (Fsp3) is 0.250. The van der Waals surface area contributed by atoms with Crippen molar-refractivity contribution in [1.29, 1.82) is 0 Å². The van der Waals surface area contributed by atoms with E-state index in [2.05, 4.69) is 0 Å². The number of aromatic nitrogens is 1. The molecule has 180 valence electrons. The molecule has 1 saturated heterocycles. The molecule has 4 aromatic rings. The summed E-state index contributed by atoms with van der Waals surface area (Å²) in [6.07, 6.45) is 4.20. The van der Waals surface area contributed by atoms with Crippen LogP contribution >= 0.6 is 11.6 Å². The van der Waals surface area contributed by atoms with Crippen molar-refractivity contribution in [3.63, 3.8) is 0 Å². The highest BCUT2D eigenvalue weighted by Gasteiger charge is 2.34. The molecular weight excluding hydrogens is 480 g/mol. The lowest BCUT2D eigenvalue weighted by Crippen LogP contribution is -2.25. The van der Waals surface area contributed by atoms with Gasteiger partial charge in [0, 0.05) is 18.1 Å². The highest BCUT2D eigenvalue weighted by Crippen LogP contribution is 2.39. The molecule has 5 nitrogen and oxygen atoms in total. The minimum Gasteiger partial charge on any atom is -0.423 e. The Morgan fingerprint density at radius 3 is 1.86 bits per heavy atom. The van der Waals surface area contributed by atoms with Crippen molar-refractivity contribution in [2.45, 2.75) is 41.5 Å². The van der Waals surface area contributed by atoms with Crippen LogP contribution in [0.4, 0.5) is 5.88 Å². The maximum atomic E-state index is 13.8. The standard InChI is InChI=1S/C28H27ClN2O3S/c29-23-15-17-24(18-16-23)35(32,33)27-28(31-19-9-1-2-10-20-31)34-26(30-27)25(21-11-5-3-6-12-21)22-13-7-4-8-14-22/h3-8,11-18,25H,1-2,9-10,19-20H2. The third kappa shape index (κ3) is 5.00. The molecule has 0 radical (unpaired) electrons. The first-order valence-electron chi connectivity index (χ1n) is 11.9. The summed E-state index contributed by atoms with van der Waals surface area (Å²) in [6, 6.07) is 26.0. The molecule has 0 saturated carbocycles. The van der Waals surface area contributed by atoms with Crippen LogP contribution in [0.15, 0.2) is 99.3 Å². The molecule has 35 heavy (non-hydrogen) atoms. The molecule has 0 N–H and O–H groups in total. The Kier molecular flexibility index (Phi) is 6.93. The second-order valence-corrected chi connectivity index (χ2v) is 11.1. The van der Waals surface area contributed by atoms with Crippen LogP contribution < -0.4 is 4.90 Å². The minimum atomic E-state index is -3.93. The molecular formula is C28H27ClN2O3S. The van der Waals surface area contributed by atoms with Crippen LogP contribution in [-0.2, 0) is 9.84 Å². The summed E-state index contributed by atoms with van der Waals surface area (Å²) >= 11 is 6.02. The number of oxazole rings is 1. The predicted molar refractivity (Wildman–Crippen MR) is 138 cm³/mol. The van der Waals surface area contributed by atoms with Gasteiger partial charge in [0.15, 0.2) is 0 Å². The number of benzene rings is 3. The quantitative estimate of drug-likeness (QED) is 0.290. The second kappa shape index (κ2) is 10.3. The van der Waals surface area contributed by atoms with Crippen molar-refractivity contribution < 1.29 is 12.8 Å². The van der Waals surface area contributed by atoms with E-state index in [-0.39, 0.29) is 15.8 Å². The van der Waals surface area contributed by atoms with Gasteiger partial charge in [-0.1, -0.05) is 85.1 Å². The van der Waals surface area contributed by atoms with Crippen LogP contribution in [0.3, 0.4) is 0 Å². The molecule has 2 heterocycles. The lowest BCUT2D eigenvalue weighted by Gasteiger charge is -2.20. The number of hydrogen-bond acceptors (Lipinski definition) is 5. The van der Waals surface area contributed by atoms with E-state index in [1.807, 2.05) is 65.6 Å². The van der Waals surface area contributed by atoms with E-state index in [1.54, 1.807) is 12.1 Å². The molecule has 1 aliphatic rings. The third-order valence-electron chi connectivity index (χ3n) is 6.38. The maximum absolute atomic E-state index is 13.8. The summed E-state index contributed by atoms with van der Waals surface area (Å²) in [4.78, 5) is 6.90. The second-order valence-electron chi connectivity index (χ2n) is 8.78. The smallest absolute Gasteiger partial charge is 0.236 e. The van der Waals surface area contributed by atoms with E-state index in [4.69, 9.17) is 21.0 Å².